The van der Waals surface area contributed by atoms with Crippen molar-refractivity contribution >= 4 is 24.2 Å². The van der Waals surface area contributed by atoms with Gasteiger partial charge in [-0.25, -0.2) is 0 Å². The number of hydrogen-bond donors (Lipinski definition) is 2. The van der Waals surface area contributed by atoms with Crippen LogP contribution in [-0.2, 0) is 0 Å². The lowest BCUT2D eigenvalue weighted by Gasteiger charge is -2.06. The van der Waals surface area contributed by atoms with Crippen LogP contribution in [-0.4, -0.2) is 10.9 Å². The molecule has 1 rings (SSSR count). The van der Waals surface area contributed by atoms with E-state index in [1.54, 1.807) is 24.3 Å². The fraction of sp³-hybridized carbons (Fsp3) is 0.250. The largest absolute Gasteiger partial charge is 0.388 e. The molecule has 1 atom stereocenters. The first-order valence-corrected chi connectivity index (χ1v) is 4.29. The number of hydrogen-bond acceptors (Lipinski definition) is 2. The summed E-state index contributed by atoms with van der Waals surface area (Å²) in [7, 11) is 0. The summed E-state index contributed by atoms with van der Waals surface area (Å²) in [6, 6.07) is 7.10. The Bertz CT molecular complexity index is 222. The van der Waals surface area contributed by atoms with E-state index >= 15 is 0 Å². The molecule has 0 fully saturated rings. The molecule has 3 heteroatoms. The SMILES string of the molecule is O[C@@H](CS)c1ccc(Cl)cc1. The molecule has 0 aliphatic rings. The molecule has 0 aliphatic heterocycles. The van der Waals surface area contributed by atoms with Crippen molar-refractivity contribution in [1.82, 2.24) is 0 Å². The van der Waals surface area contributed by atoms with Crippen LogP contribution in [0.25, 0.3) is 0 Å². The molecule has 0 saturated heterocycles. The zero-order valence-corrected chi connectivity index (χ0v) is 7.52. The Kier molecular flexibility index (Phi) is 3.24. The summed E-state index contributed by atoms with van der Waals surface area (Å²) in [6.07, 6.45) is -0.490. The van der Waals surface area contributed by atoms with Crippen LogP contribution >= 0.6 is 24.2 Å². The molecule has 1 aromatic carbocycles. The van der Waals surface area contributed by atoms with E-state index in [9.17, 15) is 5.11 Å². The van der Waals surface area contributed by atoms with Gasteiger partial charge in [-0.05, 0) is 17.7 Å². The lowest BCUT2D eigenvalue weighted by molar-refractivity contribution is 0.204. The predicted molar refractivity (Wildman–Crippen MR) is 50.3 cm³/mol. The van der Waals surface area contributed by atoms with Crippen LogP contribution < -0.4 is 0 Å². The van der Waals surface area contributed by atoms with Crippen LogP contribution in [0.15, 0.2) is 24.3 Å². The maximum atomic E-state index is 9.30. The van der Waals surface area contributed by atoms with E-state index in [4.69, 9.17) is 11.6 Å². The molecule has 0 heterocycles. The van der Waals surface area contributed by atoms with E-state index in [-0.39, 0.29) is 0 Å². The molecule has 1 N–H and O–H groups in total. The van der Waals surface area contributed by atoms with E-state index in [1.807, 2.05) is 0 Å². The second-order valence-electron chi connectivity index (χ2n) is 2.25. The predicted octanol–water partition coefficient (Wildman–Crippen LogP) is 2.30. The first-order chi connectivity index (χ1) is 5.24. The normalized spacial score (nSPS) is 13.0. The second kappa shape index (κ2) is 4.00. The highest BCUT2D eigenvalue weighted by Gasteiger charge is 2.02. The first-order valence-electron chi connectivity index (χ1n) is 3.28. The van der Waals surface area contributed by atoms with Crippen molar-refractivity contribution in [2.45, 2.75) is 6.10 Å². The first kappa shape index (κ1) is 8.91. The Morgan fingerprint density at radius 3 is 2.36 bits per heavy atom. The van der Waals surface area contributed by atoms with Crippen molar-refractivity contribution in [3.63, 3.8) is 0 Å². The van der Waals surface area contributed by atoms with Crippen molar-refractivity contribution in [2.24, 2.45) is 0 Å². The van der Waals surface area contributed by atoms with Crippen LogP contribution in [0.5, 0.6) is 0 Å². The third-order valence-electron chi connectivity index (χ3n) is 1.43. The lowest BCUT2D eigenvalue weighted by Crippen LogP contribution is -1.97. The minimum absolute atomic E-state index is 0.432. The standard InChI is InChI=1S/C8H9ClOS/c9-7-3-1-6(2-4-7)8(10)5-11/h1-4,8,10-11H,5H2/t8-/m0/s1. The van der Waals surface area contributed by atoms with Gasteiger partial charge in [0.2, 0.25) is 0 Å². The zero-order valence-electron chi connectivity index (χ0n) is 5.87. The van der Waals surface area contributed by atoms with E-state index in [0.717, 1.165) is 5.56 Å². The molecule has 60 valence electrons. The smallest absolute Gasteiger partial charge is 0.0877 e. The molecular weight excluding hydrogens is 180 g/mol. The highest BCUT2D eigenvalue weighted by molar-refractivity contribution is 7.80. The van der Waals surface area contributed by atoms with Crippen molar-refractivity contribution in [3.8, 4) is 0 Å². The van der Waals surface area contributed by atoms with Gasteiger partial charge in [-0.3, -0.25) is 0 Å². The van der Waals surface area contributed by atoms with E-state index in [0.29, 0.717) is 10.8 Å². The lowest BCUT2D eigenvalue weighted by atomic mass is 10.1. The Balaban J connectivity index is 2.81. The van der Waals surface area contributed by atoms with E-state index in [1.165, 1.54) is 0 Å². The summed E-state index contributed by atoms with van der Waals surface area (Å²) in [5.41, 5.74) is 0.851. The Morgan fingerprint density at radius 2 is 1.91 bits per heavy atom. The maximum absolute atomic E-state index is 9.30. The monoisotopic (exact) mass is 188 g/mol. The number of benzene rings is 1. The quantitative estimate of drug-likeness (QED) is 0.683. The molecule has 0 radical (unpaired) electrons. The van der Waals surface area contributed by atoms with E-state index < -0.39 is 6.10 Å². The molecule has 1 nitrogen and oxygen atoms in total. The number of aliphatic hydroxyl groups is 1. The molecule has 0 aliphatic carbocycles. The van der Waals surface area contributed by atoms with Gasteiger partial charge in [0.25, 0.3) is 0 Å². The average Bonchev–Trinajstić information content (AvgIpc) is 2.05. The van der Waals surface area contributed by atoms with Crippen LogP contribution in [0.1, 0.15) is 11.7 Å². The summed E-state index contributed by atoms with van der Waals surface area (Å²) in [5, 5.41) is 9.98. The molecular formula is C8H9ClOS. The molecule has 0 saturated carbocycles. The van der Waals surface area contributed by atoms with Crippen LogP contribution in [0.4, 0.5) is 0 Å². The number of aliphatic hydroxyl groups excluding tert-OH is 1. The zero-order chi connectivity index (χ0) is 8.27. The molecule has 0 unspecified atom stereocenters. The Hall–Kier alpha value is -0.180. The minimum atomic E-state index is -0.490. The van der Waals surface area contributed by atoms with Gasteiger partial charge < -0.3 is 5.11 Å². The molecule has 0 amide bonds. The summed E-state index contributed by atoms with van der Waals surface area (Å²) in [4.78, 5) is 0. The highest BCUT2D eigenvalue weighted by Crippen LogP contribution is 2.16. The van der Waals surface area contributed by atoms with Crippen LogP contribution in [0, 0.1) is 0 Å². The molecule has 11 heavy (non-hydrogen) atoms. The molecule has 0 spiro atoms. The minimum Gasteiger partial charge on any atom is -0.388 e. The summed E-state index contributed by atoms with van der Waals surface area (Å²) in [6.45, 7) is 0. The van der Waals surface area contributed by atoms with Crippen molar-refractivity contribution in [2.75, 3.05) is 5.75 Å². The topological polar surface area (TPSA) is 20.2 Å². The summed E-state index contributed by atoms with van der Waals surface area (Å²) >= 11 is 9.63. The fourth-order valence-electron chi connectivity index (χ4n) is 0.790. The Morgan fingerprint density at radius 1 is 1.36 bits per heavy atom. The van der Waals surface area contributed by atoms with Crippen LogP contribution in [0.2, 0.25) is 5.02 Å². The third kappa shape index (κ3) is 2.40. The van der Waals surface area contributed by atoms with Gasteiger partial charge in [-0.1, -0.05) is 23.7 Å². The van der Waals surface area contributed by atoms with Gasteiger partial charge >= 0.3 is 0 Å². The van der Waals surface area contributed by atoms with Gasteiger partial charge in [0, 0.05) is 10.8 Å². The maximum Gasteiger partial charge on any atom is 0.0877 e. The molecule has 0 bridgehead atoms. The summed E-state index contributed by atoms with van der Waals surface area (Å²) < 4.78 is 0. The van der Waals surface area contributed by atoms with Gasteiger partial charge in [-0.2, -0.15) is 12.6 Å². The van der Waals surface area contributed by atoms with Gasteiger partial charge in [0.1, 0.15) is 0 Å². The van der Waals surface area contributed by atoms with Crippen LogP contribution in [0.3, 0.4) is 0 Å². The fourth-order valence-corrected chi connectivity index (χ4v) is 1.13. The van der Waals surface area contributed by atoms with Gasteiger partial charge in [-0.15, -0.1) is 0 Å². The van der Waals surface area contributed by atoms with Crippen molar-refractivity contribution < 1.29 is 5.11 Å². The van der Waals surface area contributed by atoms with Gasteiger partial charge in [0.15, 0.2) is 0 Å². The number of rotatable bonds is 2. The number of halogens is 1. The van der Waals surface area contributed by atoms with Crippen molar-refractivity contribution in [3.05, 3.63) is 34.9 Å². The molecule has 1 aromatic rings. The summed E-state index contributed by atoms with van der Waals surface area (Å²) in [5.74, 6) is 0.432. The third-order valence-corrected chi connectivity index (χ3v) is 2.03. The second-order valence-corrected chi connectivity index (χ2v) is 3.05. The van der Waals surface area contributed by atoms with Crippen molar-refractivity contribution in [1.29, 1.82) is 0 Å². The number of thiol groups is 1. The van der Waals surface area contributed by atoms with Gasteiger partial charge in [0.05, 0.1) is 6.10 Å². The molecule has 0 aromatic heterocycles. The average molecular weight is 189 g/mol. The highest BCUT2D eigenvalue weighted by atomic mass is 35.5. The Labute approximate surface area is 76.4 Å². The van der Waals surface area contributed by atoms with E-state index in [2.05, 4.69) is 12.6 Å².